The molecule has 2 heterocycles. The number of anilines is 2. The van der Waals surface area contributed by atoms with Gasteiger partial charge in [-0.3, -0.25) is 4.79 Å². The number of benzene rings is 2. The normalized spacial score (nSPS) is 22.5. The second-order valence-electron chi connectivity index (χ2n) is 9.65. The van der Waals surface area contributed by atoms with Gasteiger partial charge in [0.25, 0.3) is 0 Å². The number of likely N-dealkylation sites (N-methyl/N-ethyl adjacent to an activating group) is 1. The molecule has 1 aliphatic carbocycles. The van der Waals surface area contributed by atoms with Crippen molar-refractivity contribution in [3.8, 4) is 11.5 Å². The minimum absolute atomic E-state index is 0.0132. The highest BCUT2D eigenvalue weighted by molar-refractivity contribution is 5.93. The van der Waals surface area contributed by atoms with Gasteiger partial charge in [-0.25, -0.2) is 14.4 Å². The molecule has 8 nitrogen and oxygen atoms in total. The third-order valence-corrected chi connectivity index (χ3v) is 7.30. The lowest BCUT2D eigenvalue weighted by Gasteiger charge is -2.38. The minimum atomic E-state index is -0.317. The Morgan fingerprint density at radius 1 is 1.14 bits per heavy atom. The lowest BCUT2D eigenvalue weighted by Crippen LogP contribution is -2.57. The van der Waals surface area contributed by atoms with Crippen LogP contribution >= 0.6 is 0 Å². The van der Waals surface area contributed by atoms with Crippen molar-refractivity contribution in [2.24, 2.45) is 5.92 Å². The van der Waals surface area contributed by atoms with Crippen molar-refractivity contribution in [3.05, 3.63) is 48.0 Å². The molecular formula is C27H32FN5O3. The van der Waals surface area contributed by atoms with E-state index in [1.807, 2.05) is 24.1 Å². The summed E-state index contributed by atoms with van der Waals surface area (Å²) in [7, 11) is 3.47. The van der Waals surface area contributed by atoms with E-state index in [4.69, 9.17) is 9.47 Å². The van der Waals surface area contributed by atoms with Crippen molar-refractivity contribution >= 4 is 28.3 Å². The number of aromatic nitrogens is 2. The van der Waals surface area contributed by atoms with Crippen LogP contribution in [-0.4, -0.2) is 60.2 Å². The van der Waals surface area contributed by atoms with Crippen LogP contribution in [0, 0.1) is 18.7 Å². The Morgan fingerprint density at radius 3 is 2.72 bits per heavy atom. The van der Waals surface area contributed by atoms with Gasteiger partial charge in [0, 0.05) is 31.6 Å². The molecule has 0 radical (unpaired) electrons. The lowest BCUT2D eigenvalue weighted by atomic mass is 9.81. The monoisotopic (exact) mass is 493 g/mol. The van der Waals surface area contributed by atoms with Crippen LogP contribution in [0.2, 0.25) is 0 Å². The first kappa shape index (κ1) is 24.2. The van der Waals surface area contributed by atoms with E-state index in [1.165, 1.54) is 6.33 Å². The number of ether oxygens (including phenoxy) is 2. The molecule has 3 aromatic rings. The number of hydrogen-bond donors (Lipinski definition) is 2. The summed E-state index contributed by atoms with van der Waals surface area (Å²) >= 11 is 0. The molecule has 1 atom stereocenters. The fourth-order valence-electron chi connectivity index (χ4n) is 5.20. The van der Waals surface area contributed by atoms with E-state index in [0.717, 1.165) is 38.8 Å². The Morgan fingerprint density at radius 2 is 1.94 bits per heavy atom. The number of carbonyl (C=O) groups excluding carboxylic acids is 1. The number of hydrogen-bond acceptors (Lipinski definition) is 7. The number of nitrogens with one attached hydrogen (secondary N) is 2. The smallest absolute Gasteiger partial charge is 0.239 e. The topological polar surface area (TPSA) is 88.6 Å². The van der Waals surface area contributed by atoms with E-state index in [2.05, 4.69) is 20.6 Å². The maximum Gasteiger partial charge on any atom is 0.239 e. The van der Waals surface area contributed by atoms with Crippen LogP contribution in [0.15, 0.2) is 36.7 Å². The molecule has 1 amide bonds. The Kier molecular flexibility index (Phi) is 6.91. The number of nitrogens with zero attached hydrogens (tertiary/aromatic N) is 3. The number of carbonyl (C=O) groups is 1. The predicted octanol–water partition coefficient (Wildman–Crippen LogP) is 4.20. The average molecular weight is 494 g/mol. The molecular weight excluding hydrogens is 461 g/mol. The van der Waals surface area contributed by atoms with Crippen molar-refractivity contribution in [1.82, 2.24) is 20.2 Å². The van der Waals surface area contributed by atoms with E-state index in [9.17, 15) is 9.18 Å². The molecule has 2 N–H and O–H groups in total. The molecule has 1 aliphatic heterocycles. The fourth-order valence-corrected chi connectivity index (χ4v) is 5.20. The summed E-state index contributed by atoms with van der Waals surface area (Å²) in [5, 5.41) is 7.23. The van der Waals surface area contributed by atoms with E-state index in [1.54, 1.807) is 32.2 Å². The second kappa shape index (κ2) is 10.3. The third kappa shape index (κ3) is 4.80. The van der Waals surface area contributed by atoms with Gasteiger partial charge >= 0.3 is 0 Å². The van der Waals surface area contributed by atoms with Crippen LogP contribution in [0.1, 0.15) is 31.2 Å². The van der Waals surface area contributed by atoms with Crippen LogP contribution in [0.3, 0.4) is 0 Å². The van der Waals surface area contributed by atoms with Gasteiger partial charge < -0.3 is 25.0 Å². The van der Waals surface area contributed by atoms with Crippen LogP contribution < -0.4 is 20.1 Å². The summed E-state index contributed by atoms with van der Waals surface area (Å²) in [6.45, 7) is 3.32. The van der Waals surface area contributed by atoms with E-state index < -0.39 is 0 Å². The van der Waals surface area contributed by atoms with Gasteiger partial charge in [-0.05, 0) is 56.2 Å². The first-order valence-electron chi connectivity index (χ1n) is 12.4. The van der Waals surface area contributed by atoms with Gasteiger partial charge in [0.2, 0.25) is 5.91 Å². The number of aryl methyl sites for hydroxylation is 1. The Hall–Kier alpha value is -3.46. The van der Waals surface area contributed by atoms with E-state index in [-0.39, 0.29) is 23.9 Å². The second-order valence-corrected chi connectivity index (χ2v) is 9.65. The minimum Gasteiger partial charge on any atom is -0.493 e. The molecule has 1 saturated carbocycles. The van der Waals surface area contributed by atoms with Gasteiger partial charge in [0.15, 0.2) is 11.5 Å². The maximum atomic E-state index is 14.6. The molecule has 5 rings (SSSR count). The highest BCUT2D eigenvalue weighted by atomic mass is 19.1. The molecule has 0 bridgehead atoms. The highest BCUT2D eigenvalue weighted by Crippen LogP contribution is 2.38. The summed E-state index contributed by atoms with van der Waals surface area (Å²) in [5.74, 6) is 1.86. The lowest BCUT2D eigenvalue weighted by molar-refractivity contribution is -0.136. The number of halogens is 1. The highest BCUT2D eigenvalue weighted by Gasteiger charge is 2.36. The summed E-state index contributed by atoms with van der Waals surface area (Å²) < 4.78 is 26.7. The van der Waals surface area contributed by atoms with Crippen molar-refractivity contribution in [3.63, 3.8) is 0 Å². The Bertz CT molecular complexity index is 1260. The van der Waals surface area contributed by atoms with Crippen LogP contribution in [0.25, 0.3) is 10.9 Å². The maximum absolute atomic E-state index is 14.6. The first-order valence-corrected chi connectivity index (χ1v) is 12.4. The van der Waals surface area contributed by atoms with Crippen molar-refractivity contribution in [2.45, 2.75) is 44.8 Å². The van der Waals surface area contributed by atoms with Gasteiger partial charge in [-0.15, -0.1) is 0 Å². The number of piperazine rings is 1. The van der Waals surface area contributed by atoms with Gasteiger partial charge in [-0.2, -0.15) is 0 Å². The van der Waals surface area contributed by atoms with Crippen molar-refractivity contribution in [2.75, 3.05) is 32.6 Å². The molecule has 2 aliphatic rings. The molecule has 190 valence electrons. The first-order chi connectivity index (χ1) is 17.4. The fraction of sp³-hybridized carbons (Fsp3) is 0.444. The molecule has 1 saturated heterocycles. The zero-order chi connectivity index (χ0) is 25.2. The predicted molar refractivity (Wildman–Crippen MR) is 136 cm³/mol. The molecule has 0 unspecified atom stereocenters. The summed E-state index contributed by atoms with van der Waals surface area (Å²) in [5.41, 5.74) is 1.57. The third-order valence-electron chi connectivity index (χ3n) is 7.30. The molecule has 36 heavy (non-hydrogen) atoms. The molecule has 0 spiro atoms. The number of rotatable bonds is 6. The Labute approximate surface area is 210 Å². The number of methoxy groups -OCH3 is 1. The van der Waals surface area contributed by atoms with Gasteiger partial charge in [0.05, 0.1) is 30.5 Å². The van der Waals surface area contributed by atoms with Gasteiger partial charge in [0.1, 0.15) is 18.0 Å². The molecule has 2 fully saturated rings. The Balaban J connectivity index is 1.34. The standard InChI is InChI=1S/C27H32FN5O3/c1-16-5-4-6-20(24(16)28)32-26-19-13-23(22(35-3)14-21(19)30-15-31-26)36-18-9-7-17(8-10-18)25-27(34)33(2)12-11-29-25/h4-6,13-15,17-18,25,29H,7-12H2,1-3H3,(H,30,31,32)/t17?,18?,25-/m0/s1. The molecule has 2 aromatic carbocycles. The largest absolute Gasteiger partial charge is 0.493 e. The van der Waals surface area contributed by atoms with Crippen molar-refractivity contribution in [1.29, 1.82) is 0 Å². The number of amides is 1. The number of fused-ring (bicyclic) bond motifs is 1. The van der Waals surface area contributed by atoms with Crippen LogP contribution in [0.5, 0.6) is 11.5 Å². The summed E-state index contributed by atoms with van der Waals surface area (Å²) in [4.78, 5) is 23.1. The van der Waals surface area contributed by atoms with E-state index in [0.29, 0.717) is 45.4 Å². The summed E-state index contributed by atoms with van der Waals surface area (Å²) in [6, 6.07) is 8.77. The van der Waals surface area contributed by atoms with Crippen LogP contribution in [-0.2, 0) is 4.79 Å². The SMILES string of the molecule is COc1cc2ncnc(Nc3cccc(C)c3F)c2cc1OC1CCC([C@@H]2NCCN(C)C2=O)CC1. The summed E-state index contributed by atoms with van der Waals surface area (Å²) in [6.07, 6.45) is 5.00. The van der Waals surface area contributed by atoms with Gasteiger partial charge in [-0.1, -0.05) is 12.1 Å². The average Bonchev–Trinajstić information content (AvgIpc) is 2.89. The molecule has 1 aromatic heterocycles. The van der Waals surface area contributed by atoms with Crippen molar-refractivity contribution < 1.29 is 18.7 Å². The van der Waals surface area contributed by atoms with E-state index >= 15 is 0 Å². The molecule has 9 heteroatoms. The van der Waals surface area contributed by atoms with Crippen LogP contribution in [0.4, 0.5) is 15.9 Å². The zero-order valence-electron chi connectivity index (χ0n) is 20.9. The quantitative estimate of drug-likeness (QED) is 0.532. The zero-order valence-corrected chi connectivity index (χ0v) is 20.9.